The summed E-state index contributed by atoms with van der Waals surface area (Å²) in [7, 11) is 1.65. The minimum absolute atomic E-state index is 0.0196. The molecule has 4 nitrogen and oxygen atoms in total. The highest BCUT2D eigenvalue weighted by Gasteiger charge is 2.20. The molecule has 1 aliphatic heterocycles. The van der Waals surface area contributed by atoms with Gasteiger partial charge in [0.15, 0.2) is 0 Å². The molecule has 2 rings (SSSR count). The van der Waals surface area contributed by atoms with Gasteiger partial charge < -0.3 is 15.3 Å². The average molecular weight is 206 g/mol. The van der Waals surface area contributed by atoms with Crippen molar-refractivity contribution in [1.29, 1.82) is 0 Å². The predicted molar refractivity (Wildman–Crippen MR) is 58.1 cm³/mol. The normalized spacial score (nSPS) is 19.6. The maximum absolute atomic E-state index is 5.51. The van der Waals surface area contributed by atoms with Crippen LogP contribution in [0.4, 0.5) is 0 Å². The van der Waals surface area contributed by atoms with Gasteiger partial charge in [-0.3, -0.25) is 0 Å². The molecule has 0 bridgehead atoms. The van der Waals surface area contributed by atoms with Crippen LogP contribution in [0.15, 0.2) is 29.4 Å². The Morgan fingerprint density at radius 2 is 2.47 bits per heavy atom. The molecule has 80 valence electrons. The second-order valence-corrected chi connectivity index (χ2v) is 3.44. The highest BCUT2D eigenvalue weighted by atomic mass is 16.6. The summed E-state index contributed by atoms with van der Waals surface area (Å²) in [6.07, 6.45) is 0.787. The van der Waals surface area contributed by atoms with E-state index in [9.17, 15) is 0 Å². The first kappa shape index (κ1) is 9.98. The Labute approximate surface area is 88.7 Å². The Bertz CT molecular complexity index is 377. The van der Waals surface area contributed by atoms with Crippen LogP contribution in [-0.2, 0) is 4.84 Å². The van der Waals surface area contributed by atoms with Crippen LogP contribution in [0, 0.1) is 0 Å². The van der Waals surface area contributed by atoms with Gasteiger partial charge >= 0.3 is 0 Å². The topological polar surface area (TPSA) is 56.8 Å². The lowest BCUT2D eigenvalue weighted by Crippen LogP contribution is -2.20. The number of nitrogens with two attached hydrogens (primary N) is 1. The summed E-state index contributed by atoms with van der Waals surface area (Å²) in [5, 5.41) is 4.01. The summed E-state index contributed by atoms with van der Waals surface area (Å²) in [4.78, 5) is 5.16. The molecular formula is C11H14N2O2. The molecule has 15 heavy (non-hydrogen) atoms. The first-order valence-electron chi connectivity index (χ1n) is 4.90. The van der Waals surface area contributed by atoms with Crippen molar-refractivity contribution >= 4 is 5.71 Å². The zero-order valence-electron chi connectivity index (χ0n) is 8.64. The smallest absolute Gasteiger partial charge is 0.145 e. The first-order chi connectivity index (χ1) is 7.33. The van der Waals surface area contributed by atoms with E-state index in [0.717, 1.165) is 23.4 Å². The van der Waals surface area contributed by atoms with Crippen LogP contribution in [0.5, 0.6) is 5.75 Å². The van der Waals surface area contributed by atoms with E-state index < -0.39 is 0 Å². The number of ether oxygens (including phenoxy) is 1. The van der Waals surface area contributed by atoms with E-state index in [2.05, 4.69) is 5.16 Å². The monoisotopic (exact) mass is 206 g/mol. The molecular weight excluding hydrogens is 192 g/mol. The van der Waals surface area contributed by atoms with Crippen molar-refractivity contribution in [2.45, 2.75) is 12.5 Å². The van der Waals surface area contributed by atoms with Gasteiger partial charge in [-0.05, 0) is 12.1 Å². The minimum atomic E-state index is 0.0196. The fourth-order valence-corrected chi connectivity index (χ4v) is 1.53. The quantitative estimate of drug-likeness (QED) is 0.807. The molecule has 2 N–H and O–H groups in total. The van der Waals surface area contributed by atoms with E-state index in [4.69, 9.17) is 15.3 Å². The van der Waals surface area contributed by atoms with Gasteiger partial charge in [-0.2, -0.15) is 0 Å². The van der Waals surface area contributed by atoms with E-state index in [1.807, 2.05) is 24.3 Å². The number of rotatable bonds is 3. The Balaban J connectivity index is 2.16. The van der Waals surface area contributed by atoms with E-state index >= 15 is 0 Å². The zero-order chi connectivity index (χ0) is 10.7. The number of benzene rings is 1. The lowest BCUT2D eigenvalue weighted by molar-refractivity contribution is 0.0918. The van der Waals surface area contributed by atoms with E-state index in [-0.39, 0.29) is 6.10 Å². The van der Waals surface area contributed by atoms with Gasteiger partial charge in [-0.15, -0.1) is 0 Å². The molecule has 1 atom stereocenters. The van der Waals surface area contributed by atoms with Gasteiger partial charge in [0.2, 0.25) is 0 Å². The van der Waals surface area contributed by atoms with Crippen LogP contribution in [0.25, 0.3) is 0 Å². The number of hydrogen-bond acceptors (Lipinski definition) is 4. The highest BCUT2D eigenvalue weighted by Crippen LogP contribution is 2.19. The fourth-order valence-electron chi connectivity index (χ4n) is 1.53. The largest absolute Gasteiger partial charge is 0.497 e. The maximum atomic E-state index is 5.51. The van der Waals surface area contributed by atoms with Crippen LogP contribution < -0.4 is 10.5 Å². The molecule has 0 spiro atoms. The van der Waals surface area contributed by atoms with Gasteiger partial charge in [0.1, 0.15) is 11.9 Å². The van der Waals surface area contributed by atoms with Gasteiger partial charge in [0.05, 0.1) is 12.8 Å². The Morgan fingerprint density at radius 3 is 3.13 bits per heavy atom. The molecule has 0 aliphatic carbocycles. The summed E-state index contributed by atoms with van der Waals surface area (Å²) in [5.74, 6) is 0.825. The fraction of sp³-hybridized carbons (Fsp3) is 0.364. The average Bonchev–Trinajstić information content (AvgIpc) is 2.78. The second-order valence-electron chi connectivity index (χ2n) is 3.44. The molecule has 0 aromatic heterocycles. The van der Waals surface area contributed by atoms with Crippen LogP contribution in [0.1, 0.15) is 12.0 Å². The molecule has 0 radical (unpaired) electrons. The molecule has 4 heteroatoms. The first-order valence-corrected chi connectivity index (χ1v) is 4.90. The van der Waals surface area contributed by atoms with Gasteiger partial charge in [-0.25, -0.2) is 0 Å². The third-order valence-electron chi connectivity index (χ3n) is 2.40. The summed E-state index contributed by atoms with van der Waals surface area (Å²) < 4.78 is 5.15. The van der Waals surface area contributed by atoms with Crippen molar-refractivity contribution in [2.75, 3.05) is 13.7 Å². The van der Waals surface area contributed by atoms with Gasteiger partial charge in [0.25, 0.3) is 0 Å². The Hall–Kier alpha value is -1.55. The molecule has 0 unspecified atom stereocenters. The summed E-state index contributed by atoms with van der Waals surface area (Å²) in [6.45, 7) is 0.497. The zero-order valence-corrected chi connectivity index (χ0v) is 8.64. The van der Waals surface area contributed by atoms with Crippen molar-refractivity contribution in [3.05, 3.63) is 29.8 Å². The van der Waals surface area contributed by atoms with Crippen molar-refractivity contribution in [3.63, 3.8) is 0 Å². The molecule has 1 aliphatic rings. The standard InChI is InChI=1S/C11H14N2O2/c1-14-9-4-2-3-8(5-9)11-6-10(7-12)15-13-11/h2-5,10H,6-7,12H2,1H3/t10-/m0/s1. The molecule has 1 heterocycles. The van der Waals surface area contributed by atoms with E-state index in [0.29, 0.717) is 6.54 Å². The van der Waals surface area contributed by atoms with Crippen LogP contribution in [-0.4, -0.2) is 25.5 Å². The van der Waals surface area contributed by atoms with E-state index in [1.165, 1.54) is 0 Å². The number of hydrogen-bond donors (Lipinski definition) is 1. The Kier molecular flexibility index (Phi) is 2.87. The van der Waals surface area contributed by atoms with E-state index in [1.54, 1.807) is 7.11 Å². The summed E-state index contributed by atoms with van der Waals surface area (Å²) in [5.41, 5.74) is 7.47. The van der Waals surface area contributed by atoms with Crippen molar-refractivity contribution in [2.24, 2.45) is 10.9 Å². The lowest BCUT2D eigenvalue weighted by Gasteiger charge is -2.03. The molecule has 1 aromatic rings. The predicted octanol–water partition coefficient (Wildman–Crippen LogP) is 1.15. The molecule has 0 saturated carbocycles. The van der Waals surface area contributed by atoms with Gasteiger partial charge in [-0.1, -0.05) is 17.3 Å². The third kappa shape index (κ3) is 2.10. The van der Waals surface area contributed by atoms with Crippen molar-refractivity contribution in [1.82, 2.24) is 0 Å². The highest BCUT2D eigenvalue weighted by molar-refractivity contribution is 6.01. The number of nitrogens with zero attached hydrogens (tertiary/aromatic N) is 1. The molecule has 1 aromatic carbocycles. The summed E-state index contributed by atoms with van der Waals surface area (Å²) in [6, 6.07) is 7.78. The van der Waals surface area contributed by atoms with Crippen molar-refractivity contribution < 1.29 is 9.57 Å². The lowest BCUT2D eigenvalue weighted by atomic mass is 10.0. The van der Waals surface area contributed by atoms with Gasteiger partial charge in [0, 0.05) is 18.5 Å². The van der Waals surface area contributed by atoms with Crippen LogP contribution in [0.3, 0.4) is 0 Å². The van der Waals surface area contributed by atoms with Crippen LogP contribution >= 0.6 is 0 Å². The molecule has 0 fully saturated rings. The molecule has 0 saturated heterocycles. The van der Waals surface area contributed by atoms with Crippen molar-refractivity contribution in [3.8, 4) is 5.75 Å². The van der Waals surface area contributed by atoms with Crippen LogP contribution in [0.2, 0.25) is 0 Å². The molecule has 0 amide bonds. The number of oxime groups is 1. The third-order valence-corrected chi connectivity index (χ3v) is 2.40. The Morgan fingerprint density at radius 1 is 1.60 bits per heavy atom. The minimum Gasteiger partial charge on any atom is -0.497 e. The SMILES string of the molecule is COc1cccc(C2=NO[C@H](CN)C2)c1. The number of methoxy groups -OCH3 is 1. The second kappa shape index (κ2) is 4.31. The maximum Gasteiger partial charge on any atom is 0.145 e. The summed E-state index contributed by atoms with van der Waals surface area (Å²) >= 11 is 0.